The molecule has 0 bridgehead atoms. The first-order chi connectivity index (χ1) is 8.77. The summed E-state index contributed by atoms with van der Waals surface area (Å²) in [7, 11) is 0.718. The van der Waals surface area contributed by atoms with Crippen molar-refractivity contribution in [1.82, 2.24) is 4.67 Å². The molecule has 0 radical (unpaired) electrons. The predicted octanol–water partition coefficient (Wildman–Crippen LogP) is 2.79. The summed E-state index contributed by atoms with van der Waals surface area (Å²) in [6.45, 7) is 0. The number of fused-ring (bicyclic) bond motifs is 1. The van der Waals surface area contributed by atoms with Crippen LogP contribution in [0.5, 0.6) is 5.75 Å². The van der Waals surface area contributed by atoms with E-state index in [1.54, 1.807) is 17.8 Å². The Morgan fingerprint density at radius 3 is 2.44 bits per heavy atom. The molecule has 2 aromatic carbocycles. The van der Waals surface area contributed by atoms with Crippen molar-refractivity contribution in [3.63, 3.8) is 0 Å². The Labute approximate surface area is 107 Å². The molecular weight excluding hydrogens is 245 g/mol. The molecule has 2 aromatic rings. The number of hydrogen-bond donors (Lipinski definition) is 0. The Hall–Kier alpha value is -1.86. The van der Waals surface area contributed by atoms with E-state index >= 15 is 0 Å². The van der Waals surface area contributed by atoms with Gasteiger partial charge in [-0.15, -0.1) is 0 Å². The van der Waals surface area contributed by atoms with E-state index in [1.165, 1.54) is 0 Å². The molecule has 0 saturated heterocycles. The van der Waals surface area contributed by atoms with Crippen molar-refractivity contribution in [2.75, 3.05) is 7.05 Å². The van der Waals surface area contributed by atoms with Crippen LogP contribution in [-0.4, -0.2) is 17.6 Å². The second-order valence-corrected chi connectivity index (χ2v) is 5.87. The fourth-order valence-corrected chi connectivity index (χ4v) is 3.54. The number of carbonyl (C=O) groups is 1. The average molecular weight is 257 g/mol. The van der Waals surface area contributed by atoms with Crippen LogP contribution in [0.3, 0.4) is 0 Å². The number of amides is 1. The van der Waals surface area contributed by atoms with Crippen LogP contribution in [0.1, 0.15) is 10.4 Å². The summed E-state index contributed by atoms with van der Waals surface area (Å²) in [6.07, 6.45) is 0. The molecule has 1 heterocycles. The number of carbonyl (C=O) groups excluding carboxylic acids is 1. The Kier molecular flexibility index (Phi) is 2.77. The topological polar surface area (TPSA) is 29.5 Å². The summed E-state index contributed by atoms with van der Waals surface area (Å²) in [5, 5.41) is 1.04. The molecule has 0 saturated carbocycles. The molecule has 3 nitrogen and oxygen atoms in total. The third kappa shape index (κ3) is 1.77. The van der Waals surface area contributed by atoms with Gasteiger partial charge in [-0.05, 0) is 24.3 Å². The molecule has 1 aliphatic rings. The lowest BCUT2D eigenvalue weighted by molar-refractivity contribution is 0.0870. The van der Waals surface area contributed by atoms with E-state index in [4.69, 9.17) is 4.52 Å². The molecule has 0 aromatic heterocycles. The van der Waals surface area contributed by atoms with Gasteiger partial charge in [0.1, 0.15) is 5.75 Å². The van der Waals surface area contributed by atoms with E-state index in [0.29, 0.717) is 11.3 Å². The van der Waals surface area contributed by atoms with E-state index in [-0.39, 0.29) is 5.91 Å². The van der Waals surface area contributed by atoms with Gasteiger partial charge in [-0.1, -0.05) is 30.3 Å². The minimum Gasteiger partial charge on any atom is -0.448 e. The summed E-state index contributed by atoms with van der Waals surface area (Å²) in [6, 6.07) is 17.2. The van der Waals surface area contributed by atoms with Crippen molar-refractivity contribution in [2.24, 2.45) is 0 Å². The number of rotatable bonds is 1. The fourth-order valence-electron chi connectivity index (χ4n) is 1.92. The van der Waals surface area contributed by atoms with Crippen LogP contribution in [0.25, 0.3) is 0 Å². The minimum atomic E-state index is -1.07. The summed E-state index contributed by atoms with van der Waals surface area (Å²) in [5.41, 5.74) is 0.634. The van der Waals surface area contributed by atoms with Gasteiger partial charge in [-0.3, -0.25) is 9.46 Å². The number of para-hydroxylation sites is 1. The SMILES string of the molecule is CN1C(=O)c2ccccc2OP1c1ccccc1. The highest BCUT2D eigenvalue weighted by Gasteiger charge is 2.32. The molecule has 18 heavy (non-hydrogen) atoms. The number of nitrogens with zero attached hydrogens (tertiary/aromatic N) is 1. The lowest BCUT2D eigenvalue weighted by atomic mass is 10.2. The zero-order valence-corrected chi connectivity index (χ0v) is 10.8. The second kappa shape index (κ2) is 4.43. The maximum absolute atomic E-state index is 12.3. The van der Waals surface area contributed by atoms with Crippen LogP contribution < -0.4 is 9.83 Å². The van der Waals surface area contributed by atoms with E-state index in [9.17, 15) is 4.79 Å². The molecule has 1 amide bonds. The van der Waals surface area contributed by atoms with Crippen LogP contribution in [0.4, 0.5) is 0 Å². The van der Waals surface area contributed by atoms with Crippen molar-refractivity contribution in [3.05, 3.63) is 60.2 Å². The maximum atomic E-state index is 12.3. The van der Waals surface area contributed by atoms with Crippen LogP contribution in [0.15, 0.2) is 54.6 Å². The first kappa shape index (κ1) is 11.2. The van der Waals surface area contributed by atoms with Crippen LogP contribution in [-0.2, 0) is 0 Å². The molecule has 90 valence electrons. The normalized spacial score (nSPS) is 18.2. The number of benzene rings is 2. The maximum Gasteiger partial charge on any atom is 0.263 e. The monoisotopic (exact) mass is 257 g/mol. The van der Waals surface area contributed by atoms with Crippen molar-refractivity contribution in [1.29, 1.82) is 0 Å². The van der Waals surface area contributed by atoms with Crippen LogP contribution in [0, 0.1) is 0 Å². The van der Waals surface area contributed by atoms with E-state index in [2.05, 4.69) is 0 Å². The number of hydrogen-bond acceptors (Lipinski definition) is 2. The van der Waals surface area contributed by atoms with Gasteiger partial charge in [0, 0.05) is 12.4 Å². The van der Waals surface area contributed by atoms with Gasteiger partial charge in [-0.2, -0.15) is 0 Å². The molecule has 0 N–H and O–H groups in total. The minimum absolute atomic E-state index is 0.0202. The van der Waals surface area contributed by atoms with Gasteiger partial charge in [0.25, 0.3) is 5.91 Å². The molecular formula is C14H12NO2P. The van der Waals surface area contributed by atoms with E-state index < -0.39 is 8.30 Å². The van der Waals surface area contributed by atoms with Crippen molar-refractivity contribution < 1.29 is 9.32 Å². The molecule has 1 aliphatic heterocycles. The standard InChI is InChI=1S/C14H12NO2P/c1-15-14(16)12-9-5-6-10-13(12)17-18(15)11-7-3-2-4-8-11/h2-10H,1H3. The molecule has 1 atom stereocenters. The van der Waals surface area contributed by atoms with Crippen molar-refractivity contribution in [2.45, 2.75) is 0 Å². The van der Waals surface area contributed by atoms with E-state index in [1.807, 2.05) is 48.5 Å². The molecule has 3 rings (SSSR count). The molecule has 4 heteroatoms. The third-order valence-corrected chi connectivity index (χ3v) is 4.68. The van der Waals surface area contributed by atoms with Gasteiger partial charge in [-0.25, -0.2) is 0 Å². The molecule has 1 unspecified atom stereocenters. The highest BCUT2D eigenvalue weighted by molar-refractivity contribution is 7.59. The third-order valence-electron chi connectivity index (χ3n) is 2.85. The molecule has 0 spiro atoms. The van der Waals surface area contributed by atoms with Gasteiger partial charge in [0.05, 0.1) is 5.56 Å². The Bertz CT molecular complexity index is 585. The second-order valence-electron chi connectivity index (χ2n) is 4.02. The summed E-state index contributed by atoms with van der Waals surface area (Å²) in [4.78, 5) is 12.3. The zero-order chi connectivity index (χ0) is 12.5. The Morgan fingerprint density at radius 2 is 1.67 bits per heavy atom. The summed E-state index contributed by atoms with van der Waals surface area (Å²) in [5.74, 6) is 0.697. The largest absolute Gasteiger partial charge is 0.448 e. The Balaban J connectivity index is 2.04. The first-order valence-electron chi connectivity index (χ1n) is 5.67. The van der Waals surface area contributed by atoms with Gasteiger partial charge in [0.2, 0.25) is 8.30 Å². The average Bonchev–Trinajstić information content (AvgIpc) is 2.44. The van der Waals surface area contributed by atoms with E-state index in [0.717, 1.165) is 5.30 Å². The zero-order valence-electron chi connectivity index (χ0n) is 9.91. The van der Waals surface area contributed by atoms with Crippen LogP contribution >= 0.6 is 8.30 Å². The summed E-state index contributed by atoms with van der Waals surface area (Å²) >= 11 is 0. The Morgan fingerprint density at radius 1 is 1.00 bits per heavy atom. The summed E-state index contributed by atoms with van der Waals surface area (Å²) < 4.78 is 7.66. The highest BCUT2D eigenvalue weighted by atomic mass is 31.2. The lowest BCUT2D eigenvalue weighted by Crippen LogP contribution is -2.32. The van der Waals surface area contributed by atoms with Crippen molar-refractivity contribution >= 4 is 19.5 Å². The quantitative estimate of drug-likeness (QED) is 0.735. The smallest absolute Gasteiger partial charge is 0.263 e. The highest BCUT2D eigenvalue weighted by Crippen LogP contribution is 2.46. The molecule has 0 fully saturated rings. The first-order valence-corrected chi connectivity index (χ1v) is 6.89. The predicted molar refractivity (Wildman–Crippen MR) is 72.2 cm³/mol. The fraction of sp³-hybridized carbons (Fsp3) is 0.0714. The van der Waals surface area contributed by atoms with Crippen molar-refractivity contribution in [3.8, 4) is 5.75 Å². The lowest BCUT2D eigenvalue weighted by Gasteiger charge is -2.32. The van der Waals surface area contributed by atoms with Crippen LogP contribution in [0.2, 0.25) is 0 Å². The van der Waals surface area contributed by atoms with Gasteiger partial charge in [0.15, 0.2) is 0 Å². The van der Waals surface area contributed by atoms with Gasteiger partial charge >= 0.3 is 0 Å². The molecule has 0 aliphatic carbocycles. The van der Waals surface area contributed by atoms with Gasteiger partial charge < -0.3 is 4.52 Å².